The SMILES string of the molecule is CCCCN1CCC(c2nnc3ccccn23)CC1. The summed E-state index contributed by atoms with van der Waals surface area (Å²) in [6.07, 6.45) is 7.10. The molecule has 3 heterocycles. The summed E-state index contributed by atoms with van der Waals surface area (Å²) in [6.45, 7) is 5.91. The summed E-state index contributed by atoms with van der Waals surface area (Å²) in [4.78, 5) is 2.59. The van der Waals surface area contributed by atoms with Crippen LogP contribution in [0.2, 0.25) is 0 Å². The standard InChI is InChI=1S/C15H22N4/c1-2-3-9-18-11-7-13(8-12-18)15-17-16-14-6-4-5-10-19(14)15/h4-6,10,13H,2-3,7-9,11-12H2,1H3. The fourth-order valence-corrected chi connectivity index (χ4v) is 2.93. The maximum absolute atomic E-state index is 4.40. The lowest BCUT2D eigenvalue weighted by Gasteiger charge is -2.31. The zero-order valence-corrected chi connectivity index (χ0v) is 11.6. The van der Waals surface area contributed by atoms with Crippen molar-refractivity contribution in [3.8, 4) is 0 Å². The quantitative estimate of drug-likeness (QED) is 0.845. The lowest BCUT2D eigenvalue weighted by atomic mass is 9.96. The summed E-state index contributed by atoms with van der Waals surface area (Å²) in [5.74, 6) is 1.71. The molecule has 0 radical (unpaired) electrons. The van der Waals surface area contributed by atoms with Crippen LogP contribution in [0.4, 0.5) is 0 Å². The van der Waals surface area contributed by atoms with Gasteiger partial charge in [-0.15, -0.1) is 10.2 Å². The molecule has 0 bridgehead atoms. The first-order valence-corrected chi connectivity index (χ1v) is 7.40. The second-order valence-corrected chi connectivity index (χ2v) is 5.46. The average molecular weight is 258 g/mol. The van der Waals surface area contributed by atoms with Gasteiger partial charge in [-0.05, 0) is 51.0 Å². The molecule has 3 rings (SSSR count). The molecule has 2 aromatic rings. The molecule has 1 fully saturated rings. The molecule has 0 N–H and O–H groups in total. The minimum Gasteiger partial charge on any atom is -0.303 e. The number of rotatable bonds is 4. The molecule has 102 valence electrons. The Labute approximate surface area is 114 Å². The monoisotopic (exact) mass is 258 g/mol. The topological polar surface area (TPSA) is 33.4 Å². The first kappa shape index (κ1) is 12.6. The number of fused-ring (bicyclic) bond motifs is 1. The Morgan fingerprint density at radius 2 is 2.05 bits per heavy atom. The smallest absolute Gasteiger partial charge is 0.160 e. The van der Waals surface area contributed by atoms with Gasteiger partial charge in [-0.25, -0.2) is 0 Å². The van der Waals surface area contributed by atoms with E-state index in [1.54, 1.807) is 0 Å². The third-order valence-corrected chi connectivity index (χ3v) is 4.12. The molecule has 0 spiro atoms. The molecule has 19 heavy (non-hydrogen) atoms. The highest BCUT2D eigenvalue weighted by Crippen LogP contribution is 2.27. The zero-order chi connectivity index (χ0) is 13.1. The molecule has 1 aliphatic rings. The number of aromatic nitrogens is 3. The normalized spacial score (nSPS) is 18.2. The van der Waals surface area contributed by atoms with Crippen molar-refractivity contribution >= 4 is 5.65 Å². The minimum atomic E-state index is 0.565. The van der Waals surface area contributed by atoms with E-state index in [1.807, 2.05) is 12.1 Å². The van der Waals surface area contributed by atoms with Gasteiger partial charge in [-0.2, -0.15) is 0 Å². The number of nitrogens with zero attached hydrogens (tertiary/aromatic N) is 4. The molecular formula is C15H22N4. The predicted octanol–water partition coefficient (Wildman–Crippen LogP) is 2.71. The van der Waals surface area contributed by atoms with Gasteiger partial charge < -0.3 is 4.90 Å². The molecule has 2 aromatic heterocycles. The summed E-state index contributed by atoms with van der Waals surface area (Å²) in [7, 11) is 0. The summed E-state index contributed by atoms with van der Waals surface area (Å²) in [5.41, 5.74) is 0.964. The molecule has 0 saturated carbocycles. The third kappa shape index (κ3) is 2.63. The van der Waals surface area contributed by atoms with Crippen LogP contribution in [0.25, 0.3) is 5.65 Å². The summed E-state index contributed by atoms with van der Waals surface area (Å²) in [6, 6.07) is 6.09. The van der Waals surface area contributed by atoms with Crippen molar-refractivity contribution in [2.45, 2.75) is 38.5 Å². The van der Waals surface area contributed by atoms with Crippen molar-refractivity contribution < 1.29 is 0 Å². The third-order valence-electron chi connectivity index (χ3n) is 4.12. The zero-order valence-electron chi connectivity index (χ0n) is 11.6. The van der Waals surface area contributed by atoms with Crippen LogP contribution in [0.15, 0.2) is 24.4 Å². The van der Waals surface area contributed by atoms with E-state index in [0.717, 1.165) is 11.5 Å². The fraction of sp³-hybridized carbons (Fsp3) is 0.600. The van der Waals surface area contributed by atoms with Crippen molar-refractivity contribution in [1.29, 1.82) is 0 Å². The lowest BCUT2D eigenvalue weighted by molar-refractivity contribution is 0.206. The molecule has 1 saturated heterocycles. The number of piperidine rings is 1. The van der Waals surface area contributed by atoms with E-state index in [4.69, 9.17) is 0 Å². The fourth-order valence-electron chi connectivity index (χ4n) is 2.93. The van der Waals surface area contributed by atoms with Gasteiger partial charge in [-0.3, -0.25) is 4.40 Å². The maximum atomic E-state index is 4.40. The predicted molar refractivity (Wildman–Crippen MR) is 76.3 cm³/mol. The number of hydrogen-bond donors (Lipinski definition) is 0. The van der Waals surface area contributed by atoms with Gasteiger partial charge in [0.15, 0.2) is 5.65 Å². The van der Waals surface area contributed by atoms with Crippen LogP contribution in [0.5, 0.6) is 0 Å². The summed E-state index contributed by atoms with van der Waals surface area (Å²) in [5, 5.41) is 8.66. The Morgan fingerprint density at radius 3 is 2.84 bits per heavy atom. The van der Waals surface area contributed by atoms with Crippen molar-refractivity contribution in [1.82, 2.24) is 19.5 Å². The van der Waals surface area contributed by atoms with Crippen molar-refractivity contribution in [3.63, 3.8) is 0 Å². The minimum absolute atomic E-state index is 0.565. The van der Waals surface area contributed by atoms with Crippen LogP contribution in [0.3, 0.4) is 0 Å². The van der Waals surface area contributed by atoms with E-state index in [-0.39, 0.29) is 0 Å². The van der Waals surface area contributed by atoms with Gasteiger partial charge in [0, 0.05) is 12.1 Å². The van der Waals surface area contributed by atoms with Crippen LogP contribution < -0.4 is 0 Å². The Balaban J connectivity index is 1.68. The molecular weight excluding hydrogens is 236 g/mol. The van der Waals surface area contributed by atoms with Crippen LogP contribution in [-0.2, 0) is 0 Å². The Morgan fingerprint density at radius 1 is 1.21 bits per heavy atom. The summed E-state index contributed by atoms with van der Waals surface area (Å²) >= 11 is 0. The van der Waals surface area contributed by atoms with Gasteiger partial charge in [0.1, 0.15) is 5.82 Å². The van der Waals surface area contributed by atoms with E-state index in [9.17, 15) is 0 Å². The molecule has 1 aliphatic heterocycles. The largest absolute Gasteiger partial charge is 0.303 e. The molecule has 0 aromatic carbocycles. The van der Waals surface area contributed by atoms with Crippen molar-refractivity contribution in [2.75, 3.05) is 19.6 Å². The Hall–Kier alpha value is -1.42. The van der Waals surface area contributed by atoms with E-state index >= 15 is 0 Å². The van der Waals surface area contributed by atoms with Crippen LogP contribution in [-0.4, -0.2) is 39.1 Å². The van der Waals surface area contributed by atoms with E-state index in [2.05, 4.69) is 38.7 Å². The number of unbranched alkanes of at least 4 members (excludes halogenated alkanes) is 1. The molecule has 4 heteroatoms. The molecule has 0 atom stereocenters. The molecule has 4 nitrogen and oxygen atoms in total. The maximum Gasteiger partial charge on any atom is 0.160 e. The van der Waals surface area contributed by atoms with Gasteiger partial charge in [0.25, 0.3) is 0 Å². The van der Waals surface area contributed by atoms with Crippen LogP contribution in [0.1, 0.15) is 44.3 Å². The van der Waals surface area contributed by atoms with Crippen LogP contribution >= 0.6 is 0 Å². The van der Waals surface area contributed by atoms with Crippen molar-refractivity contribution in [2.24, 2.45) is 0 Å². The Bertz CT molecular complexity index is 526. The number of likely N-dealkylation sites (tertiary alicyclic amines) is 1. The van der Waals surface area contributed by atoms with E-state index in [0.29, 0.717) is 5.92 Å². The van der Waals surface area contributed by atoms with E-state index in [1.165, 1.54) is 45.3 Å². The first-order valence-electron chi connectivity index (χ1n) is 7.40. The number of pyridine rings is 1. The molecule has 0 unspecified atom stereocenters. The highest BCUT2D eigenvalue weighted by Gasteiger charge is 2.23. The van der Waals surface area contributed by atoms with Crippen LogP contribution in [0, 0.1) is 0 Å². The summed E-state index contributed by atoms with van der Waals surface area (Å²) < 4.78 is 2.15. The molecule has 0 amide bonds. The Kier molecular flexibility index (Phi) is 3.78. The first-order chi connectivity index (χ1) is 9.38. The van der Waals surface area contributed by atoms with Gasteiger partial charge in [-0.1, -0.05) is 19.4 Å². The van der Waals surface area contributed by atoms with Crippen molar-refractivity contribution in [3.05, 3.63) is 30.2 Å². The van der Waals surface area contributed by atoms with Gasteiger partial charge in [0.2, 0.25) is 0 Å². The highest BCUT2D eigenvalue weighted by molar-refractivity contribution is 5.37. The number of hydrogen-bond acceptors (Lipinski definition) is 3. The second kappa shape index (κ2) is 5.70. The average Bonchev–Trinajstić information content (AvgIpc) is 2.90. The van der Waals surface area contributed by atoms with Gasteiger partial charge in [0.05, 0.1) is 0 Å². The second-order valence-electron chi connectivity index (χ2n) is 5.46. The lowest BCUT2D eigenvalue weighted by Crippen LogP contribution is -2.34. The van der Waals surface area contributed by atoms with E-state index < -0.39 is 0 Å². The highest BCUT2D eigenvalue weighted by atomic mass is 15.2. The van der Waals surface area contributed by atoms with Gasteiger partial charge >= 0.3 is 0 Å². The molecule has 0 aliphatic carbocycles.